The minimum Gasteiger partial charge on any atom is -0.367 e. The summed E-state index contributed by atoms with van der Waals surface area (Å²) >= 11 is 0. The van der Waals surface area contributed by atoms with Crippen molar-refractivity contribution in [2.24, 2.45) is 5.84 Å². The standard InChI is InChI=1S/C16H18FN3O/c1-2-20(14-6-4-3-5-7-14)11-13-10-12(16(21)19-18)8-9-15(13)17/h3-10H,2,11,18H2,1H3,(H,19,21). The van der Waals surface area contributed by atoms with E-state index in [0.717, 1.165) is 12.2 Å². The van der Waals surface area contributed by atoms with E-state index in [1.54, 1.807) is 0 Å². The van der Waals surface area contributed by atoms with E-state index in [0.29, 0.717) is 17.7 Å². The summed E-state index contributed by atoms with van der Waals surface area (Å²) in [6, 6.07) is 14.0. The van der Waals surface area contributed by atoms with Gasteiger partial charge in [0.05, 0.1) is 0 Å². The molecule has 5 heteroatoms. The molecule has 0 aromatic heterocycles. The summed E-state index contributed by atoms with van der Waals surface area (Å²) < 4.78 is 14.0. The van der Waals surface area contributed by atoms with Gasteiger partial charge in [0, 0.05) is 29.9 Å². The fraction of sp³-hybridized carbons (Fsp3) is 0.188. The van der Waals surface area contributed by atoms with Crippen LogP contribution in [0.5, 0.6) is 0 Å². The smallest absolute Gasteiger partial charge is 0.265 e. The van der Waals surface area contributed by atoms with Crippen molar-refractivity contribution in [3.05, 3.63) is 65.5 Å². The van der Waals surface area contributed by atoms with Crippen molar-refractivity contribution in [2.75, 3.05) is 11.4 Å². The van der Waals surface area contributed by atoms with Crippen LogP contribution >= 0.6 is 0 Å². The zero-order valence-corrected chi connectivity index (χ0v) is 11.8. The van der Waals surface area contributed by atoms with E-state index in [4.69, 9.17) is 5.84 Å². The quantitative estimate of drug-likeness (QED) is 0.504. The minimum absolute atomic E-state index is 0.335. The molecule has 2 rings (SSSR count). The molecule has 0 aliphatic heterocycles. The number of para-hydroxylation sites is 1. The normalized spacial score (nSPS) is 10.2. The largest absolute Gasteiger partial charge is 0.367 e. The second-order valence-electron chi connectivity index (χ2n) is 4.63. The molecule has 110 valence electrons. The molecule has 0 fully saturated rings. The molecule has 0 spiro atoms. The van der Waals surface area contributed by atoms with E-state index in [-0.39, 0.29) is 5.82 Å². The van der Waals surface area contributed by atoms with Crippen LogP contribution in [0.3, 0.4) is 0 Å². The Hall–Kier alpha value is -2.40. The van der Waals surface area contributed by atoms with Crippen molar-refractivity contribution in [1.82, 2.24) is 5.43 Å². The van der Waals surface area contributed by atoms with Crippen LogP contribution in [-0.4, -0.2) is 12.5 Å². The average Bonchev–Trinajstić information content (AvgIpc) is 2.54. The first kappa shape index (κ1) is 15.0. The molecule has 2 aromatic rings. The maximum atomic E-state index is 14.0. The van der Waals surface area contributed by atoms with Crippen molar-refractivity contribution >= 4 is 11.6 Å². The summed E-state index contributed by atoms with van der Waals surface area (Å²) in [5, 5.41) is 0. The molecule has 0 heterocycles. The Bertz CT molecular complexity index is 616. The number of anilines is 1. The number of nitrogens with zero attached hydrogens (tertiary/aromatic N) is 1. The highest BCUT2D eigenvalue weighted by atomic mass is 19.1. The van der Waals surface area contributed by atoms with Crippen LogP contribution in [0, 0.1) is 5.82 Å². The summed E-state index contributed by atoms with van der Waals surface area (Å²) in [6.45, 7) is 3.12. The van der Waals surface area contributed by atoms with E-state index in [2.05, 4.69) is 5.43 Å². The van der Waals surface area contributed by atoms with E-state index < -0.39 is 5.91 Å². The Labute approximate surface area is 123 Å². The Balaban J connectivity index is 2.27. The van der Waals surface area contributed by atoms with Crippen LogP contribution in [0.4, 0.5) is 10.1 Å². The Morgan fingerprint density at radius 1 is 1.24 bits per heavy atom. The van der Waals surface area contributed by atoms with Crippen LogP contribution in [-0.2, 0) is 6.54 Å². The first-order valence-corrected chi connectivity index (χ1v) is 6.75. The number of amides is 1. The second-order valence-corrected chi connectivity index (χ2v) is 4.63. The molecular formula is C16H18FN3O. The van der Waals surface area contributed by atoms with Crippen molar-refractivity contribution < 1.29 is 9.18 Å². The summed E-state index contributed by atoms with van der Waals surface area (Å²) in [7, 11) is 0. The SMILES string of the molecule is CCN(Cc1cc(C(=O)NN)ccc1F)c1ccccc1. The third-order valence-corrected chi connectivity index (χ3v) is 3.30. The topological polar surface area (TPSA) is 58.4 Å². The number of hydrogen-bond donors (Lipinski definition) is 2. The van der Waals surface area contributed by atoms with E-state index in [1.807, 2.05) is 42.2 Å². The highest BCUT2D eigenvalue weighted by Crippen LogP contribution is 2.19. The summed E-state index contributed by atoms with van der Waals surface area (Å²) in [6.07, 6.45) is 0. The molecule has 0 saturated carbocycles. The first-order valence-electron chi connectivity index (χ1n) is 6.75. The molecule has 0 atom stereocenters. The molecule has 0 aliphatic carbocycles. The Kier molecular flexibility index (Phi) is 4.90. The molecule has 2 aromatic carbocycles. The molecule has 21 heavy (non-hydrogen) atoms. The lowest BCUT2D eigenvalue weighted by Crippen LogP contribution is -2.30. The summed E-state index contributed by atoms with van der Waals surface area (Å²) in [5.74, 6) is 4.34. The molecule has 1 amide bonds. The van der Waals surface area contributed by atoms with Gasteiger partial charge in [-0.05, 0) is 37.3 Å². The summed E-state index contributed by atoms with van der Waals surface area (Å²) in [5.41, 5.74) is 3.86. The maximum Gasteiger partial charge on any atom is 0.265 e. The maximum absolute atomic E-state index is 14.0. The van der Waals surface area contributed by atoms with Crippen LogP contribution in [0.2, 0.25) is 0 Å². The van der Waals surface area contributed by atoms with E-state index >= 15 is 0 Å². The van der Waals surface area contributed by atoms with Gasteiger partial charge in [-0.3, -0.25) is 10.2 Å². The predicted molar refractivity (Wildman–Crippen MR) is 81.2 cm³/mol. The molecule has 0 aliphatic rings. The lowest BCUT2D eigenvalue weighted by molar-refractivity contribution is 0.0953. The van der Waals surface area contributed by atoms with Crippen LogP contribution in [0.25, 0.3) is 0 Å². The van der Waals surface area contributed by atoms with Gasteiger partial charge in [-0.25, -0.2) is 10.2 Å². The number of nitrogens with two attached hydrogens (primary N) is 1. The first-order chi connectivity index (χ1) is 10.2. The third-order valence-electron chi connectivity index (χ3n) is 3.30. The van der Waals surface area contributed by atoms with Crippen LogP contribution in [0.1, 0.15) is 22.8 Å². The molecule has 0 saturated heterocycles. The Morgan fingerprint density at radius 3 is 2.57 bits per heavy atom. The fourth-order valence-corrected chi connectivity index (χ4v) is 2.15. The van der Waals surface area contributed by atoms with Gasteiger partial charge in [0.1, 0.15) is 5.82 Å². The average molecular weight is 287 g/mol. The van der Waals surface area contributed by atoms with Gasteiger partial charge in [0.25, 0.3) is 5.91 Å². The number of hydrogen-bond acceptors (Lipinski definition) is 3. The number of nitrogen functional groups attached to an aromatic ring is 1. The van der Waals surface area contributed by atoms with Crippen molar-refractivity contribution in [3.8, 4) is 0 Å². The van der Waals surface area contributed by atoms with Crippen LogP contribution < -0.4 is 16.2 Å². The van der Waals surface area contributed by atoms with Gasteiger partial charge in [-0.15, -0.1) is 0 Å². The third kappa shape index (κ3) is 3.58. The van der Waals surface area contributed by atoms with Crippen LogP contribution in [0.15, 0.2) is 48.5 Å². The number of carbonyl (C=O) groups is 1. The number of carbonyl (C=O) groups excluding carboxylic acids is 1. The van der Waals surface area contributed by atoms with Crippen molar-refractivity contribution in [3.63, 3.8) is 0 Å². The molecule has 4 nitrogen and oxygen atoms in total. The fourth-order valence-electron chi connectivity index (χ4n) is 2.15. The monoisotopic (exact) mass is 287 g/mol. The lowest BCUT2D eigenvalue weighted by Gasteiger charge is -2.23. The van der Waals surface area contributed by atoms with Gasteiger partial charge in [-0.1, -0.05) is 18.2 Å². The minimum atomic E-state index is -0.431. The number of benzene rings is 2. The molecule has 0 radical (unpaired) electrons. The highest BCUT2D eigenvalue weighted by molar-refractivity contribution is 5.93. The number of hydrazine groups is 1. The molecular weight excluding hydrogens is 269 g/mol. The molecule has 0 unspecified atom stereocenters. The van der Waals surface area contributed by atoms with Crippen molar-refractivity contribution in [1.29, 1.82) is 0 Å². The zero-order chi connectivity index (χ0) is 15.2. The predicted octanol–water partition coefficient (Wildman–Crippen LogP) is 2.46. The lowest BCUT2D eigenvalue weighted by atomic mass is 10.1. The van der Waals surface area contributed by atoms with Gasteiger partial charge < -0.3 is 4.90 Å². The molecule has 0 bridgehead atoms. The highest BCUT2D eigenvalue weighted by Gasteiger charge is 2.12. The van der Waals surface area contributed by atoms with Gasteiger partial charge in [0.2, 0.25) is 0 Å². The van der Waals surface area contributed by atoms with E-state index in [1.165, 1.54) is 18.2 Å². The number of halogens is 1. The van der Waals surface area contributed by atoms with Gasteiger partial charge >= 0.3 is 0 Å². The Morgan fingerprint density at radius 2 is 1.95 bits per heavy atom. The zero-order valence-electron chi connectivity index (χ0n) is 11.8. The van der Waals surface area contributed by atoms with Crippen molar-refractivity contribution in [2.45, 2.75) is 13.5 Å². The number of rotatable bonds is 5. The van der Waals surface area contributed by atoms with Gasteiger partial charge in [0.15, 0.2) is 0 Å². The number of nitrogens with one attached hydrogen (secondary N) is 1. The second kappa shape index (κ2) is 6.85. The van der Waals surface area contributed by atoms with E-state index in [9.17, 15) is 9.18 Å². The molecule has 3 N–H and O–H groups in total. The summed E-state index contributed by atoms with van der Waals surface area (Å²) in [4.78, 5) is 13.6. The van der Waals surface area contributed by atoms with Gasteiger partial charge in [-0.2, -0.15) is 0 Å².